The van der Waals surface area contributed by atoms with Crippen LogP contribution < -0.4 is 5.73 Å². The molecule has 6 nitrogen and oxygen atoms in total. The second kappa shape index (κ2) is 7.29. The number of nitrogens with zero attached hydrogens (tertiary/aromatic N) is 2. The van der Waals surface area contributed by atoms with E-state index in [9.17, 15) is 23.8 Å². The highest BCUT2D eigenvalue weighted by molar-refractivity contribution is 5.91. The van der Waals surface area contributed by atoms with Crippen LogP contribution in [0.5, 0.6) is 5.75 Å². The molecule has 0 bridgehead atoms. The fraction of sp³-hybridized carbons (Fsp3) is 0.238. The summed E-state index contributed by atoms with van der Waals surface area (Å²) in [4.78, 5) is 11.8. The molecular formula is C21H19F2N3O3. The van der Waals surface area contributed by atoms with E-state index in [0.717, 1.165) is 17.7 Å². The minimum Gasteiger partial charge on any atom is -0.507 e. The van der Waals surface area contributed by atoms with Crippen LogP contribution in [-0.2, 0) is 19.4 Å². The molecule has 0 atom stereocenters. The third-order valence-corrected chi connectivity index (χ3v) is 5.18. The van der Waals surface area contributed by atoms with Gasteiger partial charge in [-0.15, -0.1) is 0 Å². The van der Waals surface area contributed by atoms with Crippen LogP contribution in [0.2, 0.25) is 0 Å². The van der Waals surface area contributed by atoms with Crippen LogP contribution in [0.4, 0.5) is 8.78 Å². The molecule has 3 aromatic rings. The van der Waals surface area contributed by atoms with Crippen molar-refractivity contribution in [1.82, 2.24) is 9.78 Å². The van der Waals surface area contributed by atoms with E-state index in [0.29, 0.717) is 60.3 Å². The van der Waals surface area contributed by atoms with Crippen LogP contribution in [0.1, 0.15) is 28.0 Å². The molecule has 0 aliphatic heterocycles. The molecular weight excluding hydrogens is 380 g/mol. The molecule has 0 saturated heterocycles. The van der Waals surface area contributed by atoms with E-state index in [4.69, 9.17) is 5.73 Å². The molecule has 2 aromatic carbocycles. The normalized spacial score (nSPS) is 12.5. The van der Waals surface area contributed by atoms with Crippen molar-refractivity contribution in [3.05, 3.63) is 58.8 Å². The monoisotopic (exact) mass is 399 g/mol. The van der Waals surface area contributed by atoms with Crippen molar-refractivity contribution in [3.8, 4) is 28.1 Å². The van der Waals surface area contributed by atoms with Crippen molar-refractivity contribution < 1.29 is 23.8 Å². The summed E-state index contributed by atoms with van der Waals surface area (Å²) in [7, 11) is 0. The Bertz CT molecular complexity index is 1120. The van der Waals surface area contributed by atoms with Gasteiger partial charge in [0.15, 0.2) is 11.6 Å². The number of halogens is 2. The van der Waals surface area contributed by atoms with Crippen molar-refractivity contribution in [2.75, 3.05) is 6.54 Å². The number of carbonyl (C=O) groups is 1. The highest BCUT2D eigenvalue weighted by Gasteiger charge is 2.29. The van der Waals surface area contributed by atoms with E-state index < -0.39 is 17.6 Å². The Morgan fingerprint density at radius 3 is 2.62 bits per heavy atom. The Kier molecular flexibility index (Phi) is 4.79. The molecule has 1 heterocycles. The molecule has 0 radical (unpaired) electrons. The van der Waals surface area contributed by atoms with Gasteiger partial charge in [0, 0.05) is 23.2 Å². The molecule has 1 aliphatic rings. The lowest BCUT2D eigenvalue weighted by atomic mass is 9.86. The van der Waals surface area contributed by atoms with Crippen LogP contribution in [-0.4, -0.2) is 32.5 Å². The zero-order valence-electron chi connectivity index (χ0n) is 15.5. The van der Waals surface area contributed by atoms with Crippen molar-refractivity contribution in [2.45, 2.75) is 25.8 Å². The third kappa shape index (κ3) is 3.25. The first-order valence-corrected chi connectivity index (χ1v) is 9.25. The van der Waals surface area contributed by atoms with Gasteiger partial charge in [-0.05, 0) is 61.2 Å². The zero-order chi connectivity index (χ0) is 20.7. The van der Waals surface area contributed by atoms with Gasteiger partial charge in [-0.25, -0.2) is 13.6 Å². The second-order valence-electron chi connectivity index (χ2n) is 7.00. The maximum atomic E-state index is 13.7. The van der Waals surface area contributed by atoms with E-state index in [-0.39, 0.29) is 11.4 Å². The van der Waals surface area contributed by atoms with Crippen molar-refractivity contribution in [2.24, 2.45) is 5.73 Å². The third-order valence-electron chi connectivity index (χ3n) is 5.18. The first-order chi connectivity index (χ1) is 13.9. The van der Waals surface area contributed by atoms with E-state index in [2.05, 4.69) is 5.10 Å². The first kappa shape index (κ1) is 19.1. The number of aromatic carboxylic acids is 1. The lowest BCUT2D eigenvalue weighted by molar-refractivity contribution is 0.0681. The smallest absolute Gasteiger partial charge is 0.354 e. The second-order valence-corrected chi connectivity index (χ2v) is 7.00. The van der Waals surface area contributed by atoms with Gasteiger partial charge in [0.05, 0.1) is 5.69 Å². The Hall–Kier alpha value is -3.26. The average molecular weight is 399 g/mol. The molecule has 0 unspecified atom stereocenters. The molecule has 0 fully saturated rings. The average Bonchev–Trinajstić information content (AvgIpc) is 3.07. The number of hydrogen-bond acceptors (Lipinski definition) is 4. The van der Waals surface area contributed by atoms with Gasteiger partial charge >= 0.3 is 5.97 Å². The number of hydrogen-bond donors (Lipinski definition) is 3. The van der Waals surface area contributed by atoms with Gasteiger partial charge in [-0.3, -0.25) is 4.68 Å². The summed E-state index contributed by atoms with van der Waals surface area (Å²) in [5, 5.41) is 24.6. The number of phenolic OH excluding ortho intramolecular Hbond substituents is 1. The maximum Gasteiger partial charge on any atom is 0.354 e. The molecule has 29 heavy (non-hydrogen) atoms. The number of carboxylic acids is 1. The summed E-state index contributed by atoms with van der Waals surface area (Å²) in [6, 6.07) is 6.63. The number of fused-ring (bicyclic) bond motifs is 3. The Morgan fingerprint density at radius 2 is 1.93 bits per heavy atom. The fourth-order valence-corrected chi connectivity index (χ4v) is 3.81. The van der Waals surface area contributed by atoms with Crippen LogP contribution >= 0.6 is 0 Å². The molecule has 4 N–H and O–H groups in total. The number of carboxylic acid groups (broad SMARTS) is 1. The van der Waals surface area contributed by atoms with E-state index in [1.54, 1.807) is 12.1 Å². The number of rotatable bonds is 5. The van der Waals surface area contributed by atoms with Gasteiger partial charge in [0.25, 0.3) is 0 Å². The lowest BCUT2D eigenvalue weighted by Gasteiger charge is -2.18. The summed E-state index contributed by atoms with van der Waals surface area (Å²) in [6.07, 6.45) is 1.61. The van der Waals surface area contributed by atoms with Crippen LogP contribution in [0.15, 0.2) is 30.3 Å². The van der Waals surface area contributed by atoms with Crippen LogP contribution in [0.3, 0.4) is 0 Å². The highest BCUT2D eigenvalue weighted by atomic mass is 19.2. The summed E-state index contributed by atoms with van der Waals surface area (Å²) in [5.74, 6) is -3.10. The number of aromatic hydroxyl groups is 1. The number of aryl methyl sites for hydroxylation is 2. The standard InChI is InChI=1S/C21H19F2N3O3/c22-16-5-3-11(8-17(16)23)14-10-15-12(9-18(14)27)2-4-13-19(15)25-26(7-1-6-24)20(13)21(28)29/h3,5,8-10,27H,1-2,4,6-7,24H2,(H,28,29). The van der Waals surface area contributed by atoms with Gasteiger partial charge in [0.2, 0.25) is 0 Å². The fourth-order valence-electron chi connectivity index (χ4n) is 3.81. The van der Waals surface area contributed by atoms with E-state index >= 15 is 0 Å². The molecule has 0 saturated carbocycles. The topological polar surface area (TPSA) is 101 Å². The predicted molar refractivity (Wildman–Crippen MR) is 103 cm³/mol. The van der Waals surface area contributed by atoms with E-state index in [1.807, 2.05) is 0 Å². The summed E-state index contributed by atoms with van der Waals surface area (Å²) in [5.41, 5.74) is 8.99. The molecule has 4 rings (SSSR count). The van der Waals surface area contributed by atoms with Crippen molar-refractivity contribution >= 4 is 5.97 Å². The summed E-state index contributed by atoms with van der Waals surface area (Å²) >= 11 is 0. The first-order valence-electron chi connectivity index (χ1n) is 9.25. The minimum atomic E-state index is -1.06. The lowest BCUT2D eigenvalue weighted by Crippen LogP contribution is -2.14. The Balaban J connectivity index is 1.88. The molecule has 1 aliphatic carbocycles. The SMILES string of the molecule is NCCCn1nc2c(c1C(=O)O)CCc1cc(O)c(-c3ccc(F)c(F)c3)cc1-2. The molecule has 150 valence electrons. The quantitative estimate of drug-likeness (QED) is 0.611. The van der Waals surface area contributed by atoms with Gasteiger partial charge in [-0.1, -0.05) is 6.07 Å². The summed E-state index contributed by atoms with van der Waals surface area (Å²) < 4.78 is 28.4. The van der Waals surface area contributed by atoms with Crippen LogP contribution in [0.25, 0.3) is 22.4 Å². The van der Waals surface area contributed by atoms with Gasteiger partial charge in [-0.2, -0.15) is 5.10 Å². The summed E-state index contributed by atoms with van der Waals surface area (Å²) in [6.45, 7) is 0.795. The molecule has 8 heteroatoms. The number of benzene rings is 2. The maximum absolute atomic E-state index is 13.7. The van der Waals surface area contributed by atoms with Crippen molar-refractivity contribution in [1.29, 1.82) is 0 Å². The van der Waals surface area contributed by atoms with Crippen molar-refractivity contribution in [3.63, 3.8) is 0 Å². The van der Waals surface area contributed by atoms with Crippen LogP contribution in [0, 0.1) is 11.6 Å². The molecule has 1 aromatic heterocycles. The van der Waals surface area contributed by atoms with E-state index in [1.165, 1.54) is 10.7 Å². The molecule has 0 spiro atoms. The number of nitrogens with two attached hydrogens (primary N) is 1. The minimum absolute atomic E-state index is 0.0563. The number of aromatic nitrogens is 2. The largest absolute Gasteiger partial charge is 0.507 e. The zero-order valence-corrected chi connectivity index (χ0v) is 15.5. The number of phenols is 1. The van der Waals surface area contributed by atoms with Gasteiger partial charge < -0.3 is 15.9 Å². The van der Waals surface area contributed by atoms with Gasteiger partial charge in [0.1, 0.15) is 11.4 Å². The Morgan fingerprint density at radius 1 is 1.14 bits per heavy atom. The predicted octanol–water partition coefficient (Wildman–Crippen LogP) is 3.35. The highest BCUT2D eigenvalue weighted by Crippen LogP contribution is 2.41. The Labute approximate surface area is 165 Å². The molecule has 0 amide bonds.